The van der Waals surface area contributed by atoms with Gasteiger partial charge in [0.2, 0.25) is 5.91 Å². The molecule has 0 aliphatic carbocycles. The van der Waals surface area contributed by atoms with Crippen molar-refractivity contribution >= 4 is 5.91 Å². The van der Waals surface area contributed by atoms with Crippen LogP contribution in [-0.2, 0) is 16.8 Å². The zero-order valence-electron chi connectivity index (χ0n) is 16.3. The van der Waals surface area contributed by atoms with Crippen LogP contribution in [0.15, 0.2) is 54.9 Å². The van der Waals surface area contributed by atoms with Crippen LogP contribution >= 0.6 is 0 Å². The Balaban J connectivity index is 1.65. The first-order valence-electron chi connectivity index (χ1n) is 10.1. The van der Waals surface area contributed by atoms with Crippen molar-refractivity contribution < 1.29 is 4.79 Å². The Labute approximate surface area is 162 Å². The number of fused-ring (bicyclic) bond motifs is 1. The number of benzene rings is 1. The molecular weight excluding hydrogens is 334 g/mol. The van der Waals surface area contributed by atoms with E-state index in [0.29, 0.717) is 19.0 Å². The number of amides is 1. The molecule has 142 valence electrons. The standard InChI is InChI=1S/C23H29N3O/c1-18(2)26-15-11-23(20-6-4-3-5-7-20)10-14-25(22(27)16-21(23)26)17-19-8-12-24-13-9-19/h3-9,12-13,18,21H,10-11,14-17H2,1-2H3/t21-,23-/m1/s1. The summed E-state index contributed by atoms with van der Waals surface area (Å²) in [6.07, 6.45) is 6.38. The van der Waals surface area contributed by atoms with Crippen molar-refractivity contribution in [3.05, 3.63) is 66.0 Å². The molecule has 0 bridgehead atoms. The SMILES string of the molecule is CC(C)N1CC[C@@]2(c3ccccc3)CCN(Cc3ccncc3)C(=O)C[C@@H]12. The molecule has 0 unspecified atom stereocenters. The van der Waals surface area contributed by atoms with Crippen LogP contribution in [0.25, 0.3) is 0 Å². The summed E-state index contributed by atoms with van der Waals surface area (Å²) >= 11 is 0. The average molecular weight is 364 g/mol. The van der Waals surface area contributed by atoms with Crippen molar-refractivity contribution in [2.24, 2.45) is 0 Å². The Kier molecular flexibility index (Phi) is 5.00. The highest BCUT2D eigenvalue weighted by atomic mass is 16.2. The summed E-state index contributed by atoms with van der Waals surface area (Å²) in [4.78, 5) is 21.9. The first kappa shape index (κ1) is 18.2. The summed E-state index contributed by atoms with van der Waals surface area (Å²) in [5, 5.41) is 0. The lowest BCUT2D eigenvalue weighted by atomic mass is 9.71. The van der Waals surface area contributed by atoms with Gasteiger partial charge in [-0.1, -0.05) is 30.3 Å². The Morgan fingerprint density at radius 2 is 1.78 bits per heavy atom. The van der Waals surface area contributed by atoms with Gasteiger partial charge in [0.15, 0.2) is 0 Å². The van der Waals surface area contributed by atoms with E-state index in [1.54, 1.807) is 12.4 Å². The van der Waals surface area contributed by atoms with E-state index in [0.717, 1.165) is 31.5 Å². The van der Waals surface area contributed by atoms with Crippen LogP contribution in [0.2, 0.25) is 0 Å². The Hall–Kier alpha value is -2.20. The maximum atomic E-state index is 13.2. The van der Waals surface area contributed by atoms with E-state index >= 15 is 0 Å². The van der Waals surface area contributed by atoms with Crippen LogP contribution in [-0.4, -0.2) is 45.9 Å². The summed E-state index contributed by atoms with van der Waals surface area (Å²) < 4.78 is 0. The maximum absolute atomic E-state index is 13.2. The van der Waals surface area contributed by atoms with Gasteiger partial charge in [-0.15, -0.1) is 0 Å². The number of pyridine rings is 1. The lowest BCUT2D eigenvalue weighted by Gasteiger charge is -2.38. The van der Waals surface area contributed by atoms with Gasteiger partial charge in [0.1, 0.15) is 0 Å². The fourth-order valence-corrected chi connectivity index (χ4v) is 5.07. The number of carbonyl (C=O) groups excluding carboxylic acids is 1. The molecule has 4 heteroatoms. The summed E-state index contributed by atoms with van der Waals surface area (Å²) in [6.45, 7) is 7.09. The van der Waals surface area contributed by atoms with Crippen LogP contribution in [0.4, 0.5) is 0 Å². The second-order valence-electron chi connectivity index (χ2n) is 8.24. The van der Waals surface area contributed by atoms with Gasteiger partial charge >= 0.3 is 0 Å². The average Bonchev–Trinajstić information content (AvgIpc) is 2.99. The lowest BCUT2D eigenvalue weighted by molar-refractivity contribution is -0.132. The molecule has 0 radical (unpaired) electrons. The molecule has 3 heterocycles. The summed E-state index contributed by atoms with van der Waals surface area (Å²) in [5.41, 5.74) is 2.63. The third kappa shape index (κ3) is 3.39. The molecule has 2 aliphatic heterocycles. The minimum atomic E-state index is 0.0776. The van der Waals surface area contributed by atoms with Crippen molar-refractivity contribution in [2.75, 3.05) is 13.1 Å². The van der Waals surface area contributed by atoms with E-state index in [4.69, 9.17) is 0 Å². The molecule has 2 atom stereocenters. The summed E-state index contributed by atoms with van der Waals surface area (Å²) in [7, 11) is 0. The third-order valence-corrected chi connectivity index (χ3v) is 6.54. The lowest BCUT2D eigenvalue weighted by Crippen LogP contribution is -2.45. The fraction of sp³-hybridized carbons (Fsp3) is 0.478. The van der Waals surface area contributed by atoms with Crippen molar-refractivity contribution in [3.63, 3.8) is 0 Å². The van der Waals surface area contributed by atoms with Gasteiger partial charge in [-0.2, -0.15) is 0 Å². The van der Waals surface area contributed by atoms with E-state index in [2.05, 4.69) is 59.0 Å². The minimum absolute atomic E-state index is 0.0776. The monoisotopic (exact) mass is 363 g/mol. The van der Waals surface area contributed by atoms with Crippen molar-refractivity contribution in [1.29, 1.82) is 0 Å². The normalized spacial score (nSPS) is 26.3. The van der Waals surface area contributed by atoms with E-state index < -0.39 is 0 Å². The Morgan fingerprint density at radius 3 is 2.48 bits per heavy atom. The van der Waals surface area contributed by atoms with Crippen molar-refractivity contribution in [1.82, 2.24) is 14.8 Å². The molecular formula is C23H29N3O. The molecule has 0 spiro atoms. The third-order valence-electron chi connectivity index (χ3n) is 6.54. The number of hydrogen-bond acceptors (Lipinski definition) is 3. The number of likely N-dealkylation sites (tertiary alicyclic amines) is 2. The molecule has 4 rings (SSSR count). The van der Waals surface area contributed by atoms with Crippen LogP contribution < -0.4 is 0 Å². The number of carbonyl (C=O) groups is 1. The summed E-state index contributed by atoms with van der Waals surface area (Å²) in [6, 6.07) is 15.6. The van der Waals surface area contributed by atoms with E-state index in [-0.39, 0.29) is 17.4 Å². The van der Waals surface area contributed by atoms with E-state index in [1.165, 1.54) is 5.56 Å². The minimum Gasteiger partial charge on any atom is -0.338 e. The molecule has 0 saturated carbocycles. The molecule has 27 heavy (non-hydrogen) atoms. The molecule has 2 aliphatic rings. The highest BCUT2D eigenvalue weighted by Gasteiger charge is 2.51. The quantitative estimate of drug-likeness (QED) is 0.832. The molecule has 2 saturated heterocycles. The zero-order chi connectivity index (χ0) is 18.9. The Bertz CT molecular complexity index is 777. The second kappa shape index (κ2) is 7.43. The van der Waals surface area contributed by atoms with Crippen LogP contribution in [0.1, 0.15) is 44.2 Å². The van der Waals surface area contributed by atoms with Gasteiger partial charge in [-0.25, -0.2) is 0 Å². The van der Waals surface area contributed by atoms with Crippen LogP contribution in [0.3, 0.4) is 0 Å². The molecule has 2 fully saturated rings. The Morgan fingerprint density at radius 1 is 1.07 bits per heavy atom. The number of rotatable bonds is 4. The molecule has 1 amide bonds. The molecule has 1 aromatic heterocycles. The van der Waals surface area contributed by atoms with Gasteiger partial charge in [-0.05, 0) is 56.5 Å². The van der Waals surface area contributed by atoms with E-state index in [1.807, 2.05) is 12.1 Å². The van der Waals surface area contributed by atoms with Crippen LogP contribution in [0.5, 0.6) is 0 Å². The van der Waals surface area contributed by atoms with E-state index in [9.17, 15) is 4.79 Å². The zero-order valence-corrected chi connectivity index (χ0v) is 16.3. The number of hydrogen-bond donors (Lipinski definition) is 0. The van der Waals surface area contributed by atoms with Gasteiger partial charge in [0.05, 0.1) is 0 Å². The largest absolute Gasteiger partial charge is 0.338 e. The molecule has 0 N–H and O–H groups in total. The number of aromatic nitrogens is 1. The molecule has 4 nitrogen and oxygen atoms in total. The molecule has 1 aromatic carbocycles. The van der Waals surface area contributed by atoms with Gasteiger partial charge in [0, 0.05) is 49.4 Å². The highest BCUT2D eigenvalue weighted by molar-refractivity contribution is 5.78. The molecule has 2 aromatic rings. The highest BCUT2D eigenvalue weighted by Crippen LogP contribution is 2.46. The first-order valence-corrected chi connectivity index (χ1v) is 10.1. The smallest absolute Gasteiger partial charge is 0.224 e. The number of nitrogens with zero attached hydrogens (tertiary/aromatic N) is 3. The topological polar surface area (TPSA) is 36.4 Å². The predicted molar refractivity (Wildman–Crippen MR) is 107 cm³/mol. The second-order valence-corrected chi connectivity index (χ2v) is 8.24. The first-order chi connectivity index (χ1) is 13.1. The van der Waals surface area contributed by atoms with Gasteiger partial charge in [0.25, 0.3) is 0 Å². The predicted octanol–water partition coefficient (Wildman–Crippen LogP) is 3.62. The fourth-order valence-electron chi connectivity index (χ4n) is 5.07. The van der Waals surface area contributed by atoms with Gasteiger partial charge in [-0.3, -0.25) is 14.7 Å². The maximum Gasteiger partial charge on any atom is 0.224 e. The van der Waals surface area contributed by atoms with Crippen molar-refractivity contribution in [3.8, 4) is 0 Å². The van der Waals surface area contributed by atoms with Crippen molar-refractivity contribution in [2.45, 2.75) is 57.2 Å². The van der Waals surface area contributed by atoms with Crippen LogP contribution in [0, 0.1) is 0 Å². The van der Waals surface area contributed by atoms with Gasteiger partial charge < -0.3 is 4.90 Å². The summed E-state index contributed by atoms with van der Waals surface area (Å²) in [5.74, 6) is 0.280.